The van der Waals surface area contributed by atoms with Crippen LogP contribution in [0, 0.1) is 0 Å². The standard InChI is InChI=1S/C22H23N7O2.C2HF3O2/c1-23-20(30)17-11-19(26-27(17)2)28-21-15(10-14-6-4-3-5-7-14)12-25-29(21)18-13-24-9-8-16(18)22(28)31;3-2(4,5)1(6)7/h3-7,11-12,24H,8-10,13H2,1-2H3,(H,23,30);(H,6,7). The predicted octanol–water partition coefficient (Wildman–Crippen LogP) is 1.45. The Bertz CT molecular complexity index is 1560. The van der Waals surface area contributed by atoms with Gasteiger partial charge in [0, 0.05) is 44.3 Å². The van der Waals surface area contributed by atoms with Gasteiger partial charge < -0.3 is 15.7 Å². The van der Waals surface area contributed by atoms with E-state index >= 15 is 0 Å². The molecule has 0 saturated carbocycles. The average molecular weight is 531 g/mol. The summed E-state index contributed by atoms with van der Waals surface area (Å²) in [5, 5.41) is 22.2. The van der Waals surface area contributed by atoms with Gasteiger partial charge in [-0.2, -0.15) is 23.4 Å². The van der Waals surface area contributed by atoms with Crippen LogP contribution in [0.4, 0.5) is 13.2 Å². The molecule has 3 aromatic heterocycles. The van der Waals surface area contributed by atoms with Crippen molar-refractivity contribution >= 4 is 17.5 Å². The number of aliphatic carboxylic acids is 1. The Morgan fingerprint density at radius 1 is 1.21 bits per heavy atom. The van der Waals surface area contributed by atoms with Gasteiger partial charge in [-0.1, -0.05) is 30.3 Å². The maximum atomic E-state index is 13.6. The highest BCUT2D eigenvalue weighted by molar-refractivity contribution is 5.92. The molecule has 0 unspecified atom stereocenters. The molecule has 4 heterocycles. The maximum absolute atomic E-state index is 13.6. The lowest BCUT2D eigenvalue weighted by molar-refractivity contribution is -0.192. The minimum Gasteiger partial charge on any atom is -0.475 e. The van der Waals surface area contributed by atoms with E-state index in [1.54, 1.807) is 24.7 Å². The number of aromatic nitrogens is 5. The van der Waals surface area contributed by atoms with Crippen LogP contribution in [-0.4, -0.2) is 60.7 Å². The fourth-order valence-corrected chi connectivity index (χ4v) is 4.20. The lowest BCUT2D eigenvalue weighted by Gasteiger charge is -2.20. The number of hydrogen-bond acceptors (Lipinski definition) is 6. The monoisotopic (exact) mass is 531 g/mol. The number of carbonyl (C=O) groups is 2. The highest BCUT2D eigenvalue weighted by atomic mass is 19.4. The number of fused-ring (bicyclic) bond motifs is 3. The molecule has 0 spiro atoms. The summed E-state index contributed by atoms with van der Waals surface area (Å²) >= 11 is 0. The summed E-state index contributed by atoms with van der Waals surface area (Å²) in [6.07, 6.45) is -2.02. The average Bonchev–Trinajstić information content (AvgIpc) is 3.48. The number of benzene rings is 1. The van der Waals surface area contributed by atoms with E-state index in [2.05, 4.69) is 33.0 Å². The van der Waals surface area contributed by atoms with Crippen LogP contribution >= 0.6 is 0 Å². The second-order valence-corrected chi connectivity index (χ2v) is 8.45. The first-order valence-corrected chi connectivity index (χ1v) is 11.5. The molecule has 0 fully saturated rings. The molecule has 1 aromatic carbocycles. The van der Waals surface area contributed by atoms with Gasteiger partial charge in [0.25, 0.3) is 11.5 Å². The maximum Gasteiger partial charge on any atom is 0.490 e. The van der Waals surface area contributed by atoms with Crippen molar-refractivity contribution in [2.75, 3.05) is 13.6 Å². The number of rotatable bonds is 4. The van der Waals surface area contributed by atoms with E-state index in [-0.39, 0.29) is 11.5 Å². The third kappa shape index (κ3) is 5.16. The Balaban J connectivity index is 0.000000426. The van der Waals surface area contributed by atoms with E-state index in [9.17, 15) is 22.8 Å². The lowest BCUT2D eigenvalue weighted by atomic mass is 10.1. The first-order chi connectivity index (χ1) is 18.0. The molecule has 0 bridgehead atoms. The van der Waals surface area contributed by atoms with Gasteiger partial charge in [-0.3, -0.25) is 14.3 Å². The van der Waals surface area contributed by atoms with Crippen molar-refractivity contribution in [2.45, 2.75) is 25.6 Å². The van der Waals surface area contributed by atoms with Gasteiger partial charge in [-0.05, 0) is 18.5 Å². The van der Waals surface area contributed by atoms with Crippen LogP contribution in [0.3, 0.4) is 0 Å². The molecule has 0 radical (unpaired) electrons. The first-order valence-electron chi connectivity index (χ1n) is 11.5. The summed E-state index contributed by atoms with van der Waals surface area (Å²) in [5.74, 6) is -2.61. The molecule has 0 atom stereocenters. The summed E-state index contributed by atoms with van der Waals surface area (Å²) in [5.41, 5.74) is 4.60. The number of nitrogens with one attached hydrogen (secondary N) is 2. The van der Waals surface area contributed by atoms with Crippen LogP contribution in [0.15, 0.2) is 47.4 Å². The SMILES string of the molecule is CNC(=O)c1cc(-n2c(=O)c3c(n4ncc(Cc5ccccc5)c24)CNCC3)nn1C.O=C(O)C(F)(F)F. The van der Waals surface area contributed by atoms with Gasteiger partial charge in [-0.25, -0.2) is 13.9 Å². The number of hydrogen-bond donors (Lipinski definition) is 3. The molecule has 4 aromatic rings. The lowest BCUT2D eigenvalue weighted by Crippen LogP contribution is -2.36. The minimum absolute atomic E-state index is 0.111. The summed E-state index contributed by atoms with van der Waals surface area (Å²) in [7, 11) is 3.26. The molecule has 5 rings (SSSR count). The molecule has 14 heteroatoms. The summed E-state index contributed by atoms with van der Waals surface area (Å²) in [6.45, 7) is 1.32. The Morgan fingerprint density at radius 2 is 1.89 bits per heavy atom. The molecule has 11 nitrogen and oxygen atoms in total. The molecule has 1 aliphatic heterocycles. The molecule has 0 aliphatic carbocycles. The highest BCUT2D eigenvalue weighted by Crippen LogP contribution is 2.22. The van der Waals surface area contributed by atoms with Crippen molar-refractivity contribution < 1.29 is 27.9 Å². The largest absolute Gasteiger partial charge is 0.490 e. The third-order valence-corrected chi connectivity index (χ3v) is 5.97. The number of nitrogens with zero attached hydrogens (tertiary/aromatic N) is 5. The Labute approximate surface area is 213 Å². The molecular formula is C24H24F3N7O4. The zero-order valence-electron chi connectivity index (χ0n) is 20.4. The number of amides is 1. The van der Waals surface area contributed by atoms with E-state index in [4.69, 9.17) is 9.90 Å². The second-order valence-electron chi connectivity index (χ2n) is 8.45. The molecule has 1 amide bonds. The molecule has 0 saturated heterocycles. The first kappa shape index (κ1) is 26.6. The number of carboxylic acid groups (broad SMARTS) is 1. The van der Waals surface area contributed by atoms with Crippen LogP contribution in [0.1, 0.15) is 32.9 Å². The van der Waals surface area contributed by atoms with Crippen LogP contribution in [-0.2, 0) is 31.2 Å². The van der Waals surface area contributed by atoms with Crippen LogP contribution in [0.2, 0.25) is 0 Å². The second kappa shape index (κ2) is 10.5. The van der Waals surface area contributed by atoms with Gasteiger partial charge in [0.05, 0.1) is 11.9 Å². The number of carbonyl (C=O) groups excluding carboxylic acids is 1. The Kier molecular flexibility index (Phi) is 7.35. The van der Waals surface area contributed by atoms with Gasteiger partial charge in [-0.15, -0.1) is 0 Å². The molecule has 200 valence electrons. The zero-order valence-corrected chi connectivity index (χ0v) is 20.4. The number of halogens is 3. The van der Waals surface area contributed by atoms with Crippen molar-refractivity contribution in [2.24, 2.45) is 7.05 Å². The number of alkyl halides is 3. The number of aryl methyl sites for hydroxylation is 1. The van der Waals surface area contributed by atoms with Crippen LogP contribution < -0.4 is 16.2 Å². The Hall–Kier alpha value is -4.46. The quantitative estimate of drug-likeness (QED) is 0.363. The smallest absolute Gasteiger partial charge is 0.475 e. The van der Waals surface area contributed by atoms with Crippen molar-refractivity contribution in [3.8, 4) is 5.82 Å². The van der Waals surface area contributed by atoms with E-state index in [1.807, 2.05) is 28.9 Å². The van der Waals surface area contributed by atoms with Gasteiger partial charge in [0.15, 0.2) is 5.82 Å². The fraction of sp³-hybridized carbons (Fsp3) is 0.292. The van der Waals surface area contributed by atoms with E-state index < -0.39 is 12.1 Å². The fourth-order valence-electron chi connectivity index (χ4n) is 4.20. The van der Waals surface area contributed by atoms with Crippen molar-refractivity contribution in [3.63, 3.8) is 0 Å². The molecule has 3 N–H and O–H groups in total. The predicted molar refractivity (Wildman–Crippen MR) is 129 cm³/mol. The summed E-state index contributed by atoms with van der Waals surface area (Å²) in [4.78, 5) is 34.8. The van der Waals surface area contributed by atoms with E-state index in [0.717, 1.165) is 28.9 Å². The van der Waals surface area contributed by atoms with Gasteiger partial charge in [0.1, 0.15) is 11.3 Å². The normalized spacial score (nSPS) is 13.0. The topological polar surface area (TPSA) is 136 Å². The van der Waals surface area contributed by atoms with Gasteiger partial charge >= 0.3 is 12.1 Å². The third-order valence-electron chi connectivity index (χ3n) is 5.97. The minimum atomic E-state index is -5.08. The summed E-state index contributed by atoms with van der Waals surface area (Å²) in [6, 6.07) is 11.7. The molecular weight excluding hydrogens is 507 g/mol. The van der Waals surface area contributed by atoms with E-state index in [1.165, 1.54) is 4.68 Å². The molecule has 38 heavy (non-hydrogen) atoms. The Morgan fingerprint density at radius 3 is 2.53 bits per heavy atom. The highest BCUT2D eigenvalue weighted by Gasteiger charge is 2.38. The summed E-state index contributed by atoms with van der Waals surface area (Å²) < 4.78 is 36.7. The van der Waals surface area contributed by atoms with Gasteiger partial charge in [0.2, 0.25) is 0 Å². The number of carboxylic acids is 1. The van der Waals surface area contributed by atoms with Crippen LogP contribution in [0.5, 0.6) is 0 Å². The van der Waals surface area contributed by atoms with Crippen molar-refractivity contribution in [1.82, 2.24) is 34.6 Å². The van der Waals surface area contributed by atoms with Crippen molar-refractivity contribution in [3.05, 3.63) is 81.0 Å². The van der Waals surface area contributed by atoms with E-state index in [0.29, 0.717) is 36.5 Å². The zero-order chi connectivity index (χ0) is 27.6. The molecule has 1 aliphatic rings. The van der Waals surface area contributed by atoms with Crippen LogP contribution in [0.25, 0.3) is 11.5 Å². The van der Waals surface area contributed by atoms with Crippen molar-refractivity contribution in [1.29, 1.82) is 0 Å².